The molecular formula is C22H20Cl2. The van der Waals surface area contributed by atoms with Gasteiger partial charge in [-0.1, -0.05) is 73.4 Å². The highest BCUT2D eigenvalue weighted by atomic mass is 35.5. The minimum atomic E-state index is 0.757. The van der Waals surface area contributed by atoms with Crippen LogP contribution >= 0.6 is 23.2 Å². The quantitative estimate of drug-likeness (QED) is 0.456. The van der Waals surface area contributed by atoms with Crippen molar-refractivity contribution in [2.75, 3.05) is 0 Å². The zero-order chi connectivity index (χ0) is 17.1. The highest BCUT2D eigenvalue weighted by Crippen LogP contribution is 2.38. The Bertz CT molecular complexity index is 831. The fraction of sp³-hybridized carbons (Fsp3) is 0.182. The molecule has 0 spiro atoms. The van der Waals surface area contributed by atoms with Crippen LogP contribution in [0.25, 0.3) is 22.3 Å². The van der Waals surface area contributed by atoms with E-state index in [9.17, 15) is 0 Å². The molecule has 0 aromatic heterocycles. The molecule has 0 aliphatic carbocycles. The van der Waals surface area contributed by atoms with Crippen LogP contribution in [0, 0.1) is 0 Å². The molecule has 0 nitrogen and oxygen atoms in total. The summed E-state index contributed by atoms with van der Waals surface area (Å²) in [6, 6.07) is 20.7. The Kier molecular flexibility index (Phi) is 5.28. The summed E-state index contributed by atoms with van der Waals surface area (Å²) in [5.74, 6) is 0. The minimum Gasteiger partial charge on any atom is -0.0843 e. The first-order valence-electron chi connectivity index (χ1n) is 8.30. The van der Waals surface area contributed by atoms with Gasteiger partial charge in [-0.2, -0.15) is 0 Å². The van der Waals surface area contributed by atoms with Crippen molar-refractivity contribution in [1.82, 2.24) is 0 Å². The highest BCUT2D eigenvalue weighted by molar-refractivity contribution is 6.31. The molecule has 0 amide bonds. The van der Waals surface area contributed by atoms with E-state index in [4.69, 9.17) is 23.2 Å². The lowest BCUT2D eigenvalue weighted by atomic mass is 9.86. The third-order valence-corrected chi connectivity index (χ3v) is 4.94. The molecule has 0 aliphatic heterocycles. The topological polar surface area (TPSA) is 0 Å². The third-order valence-electron chi connectivity index (χ3n) is 4.43. The van der Waals surface area contributed by atoms with E-state index in [1.165, 1.54) is 33.4 Å². The van der Waals surface area contributed by atoms with Crippen LogP contribution in [0.2, 0.25) is 10.0 Å². The number of halogens is 2. The predicted molar refractivity (Wildman–Crippen MR) is 106 cm³/mol. The van der Waals surface area contributed by atoms with Crippen molar-refractivity contribution in [1.29, 1.82) is 0 Å². The van der Waals surface area contributed by atoms with Gasteiger partial charge in [0.1, 0.15) is 0 Å². The molecule has 0 bridgehead atoms. The van der Waals surface area contributed by atoms with Crippen LogP contribution in [0.4, 0.5) is 0 Å². The standard InChI is InChI=1S/C22H20Cl2/c1-3-15-9-14-21(16-5-10-18(23)11-6-16)22(20(15)4-2)17-7-12-19(24)13-8-17/h5-14H,3-4H2,1-2H3. The summed E-state index contributed by atoms with van der Waals surface area (Å²) >= 11 is 12.2. The fourth-order valence-corrected chi connectivity index (χ4v) is 3.49. The monoisotopic (exact) mass is 354 g/mol. The van der Waals surface area contributed by atoms with Gasteiger partial charge in [0.15, 0.2) is 0 Å². The van der Waals surface area contributed by atoms with Crippen molar-refractivity contribution in [2.24, 2.45) is 0 Å². The molecule has 0 aliphatic rings. The summed E-state index contributed by atoms with van der Waals surface area (Å²) in [5.41, 5.74) is 7.74. The summed E-state index contributed by atoms with van der Waals surface area (Å²) in [5, 5.41) is 1.52. The van der Waals surface area contributed by atoms with Crippen LogP contribution in [-0.2, 0) is 12.8 Å². The van der Waals surface area contributed by atoms with Crippen LogP contribution in [-0.4, -0.2) is 0 Å². The van der Waals surface area contributed by atoms with Gasteiger partial charge in [-0.25, -0.2) is 0 Å². The van der Waals surface area contributed by atoms with Gasteiger partial charge >= 0.3 is 0 Å². The van der Waals surface area contributed by atoms with Gasteiger partial charge in [-0.05, 0) is 70.5 Å². The maximum Gasteiger partial charge on any atom is 0.0406 e. The van der Waals surface area contributed by atoms with Crippen LogP contribution < -0.4 is 0 Å². The second-order valence-electron chi connectivity index (χ2n) is 5.85. The van der Waals surface area contributed by atoms with E-state index in [0.29, 0.717) is 0 Å². The average molecular weight is 355 g/mol. The first-order chi connectivity index (χ1) is 11.6. The summed E-state index contributed by atoms with van der Waals surface area (Å²) < 4.78 is 0. The van der Waals surface area contributed by atoms with Gasteiger partial charge in [0.2, 0.25) is 0 Å². The maximum absolute atomic E-state index is 6.09. The summed E-state index contributed by atoms with van der Waals surface area (Å²) in [6.07, 6.45) is 2.03. The van der Waals surface area contributed by atoms with Gasteiger partial charge < -0.3 is 0 Å². The maximum atomic E-state index is 6.09. The molecule has 0 saturated heterocycles. The van der Waals surface area contributed by atoms with Gasteiger partial charge in [0.25, 0.3) is 0 Å². The van der Waals surface area contributed by atoms with Crippen molar-refractivity contribution in [3.05, 3.63) is 81.8 Å². The molecule has 3 aromatic rings. The number of hydrogen-bond acceptors (Lipinski definition) is 0. The normalized spacial score (nSPS) is 10.8. The molecule has 0 fully saturated rings. The number of hydrogen-bond donors (Lipinski definition) is 0. The Morgan fingerprint density at radius 1 is 0.625 bits per heavy atom. The Balaban J connectivity index is 2.28. The molecule has 3 aromatic carbocycles. The minimum absolute atomic E-state index is 0.757. The molecule has 0 N–H and O–H groups in total. The zero-order valence-corrected chi connectivity index (χ0v) is 15.5. The first kappa shape index (κ1) is 17.1. The molecule has 0 saturated carbocycles. The van der Waals surface area contributed by atoms with Gasteiger partial charge in [-0.3, -0.25) is 0 Å². The molecule has 0 radical (unpaired) electrons. The Labute approximate surface area is 154 Å². The largest absolute Gasteiger partial charge is 0.0843 e. The van der Waals surface area contributed by atoms with Crippen molar-refractivity contribution in [2.45, 2.75) is 26.7 Å². The average Bonchev–Trinajstić information content (AvgIpc) is 2.62. The second-order valence-corrected chi connectivity index (χ2v) is 6.72. The number of benzene rings is 3. The van der Waals surface area contributed by atoms with Crippen molar-refractivity contribution in [3.8, 4) is 22.3 Å². The van der Waals surface area contributed by atoms with E-state index in [2.05, 4.69) is 50.2 Å². The van der Waals surface area contributed by atoms with E-state index in [1.807, 2.05) is 24.3 Å². The van der Waals surface area contributed by atoms with Crippen molar-refractivity contribution >= 4 is 23.2 Å². The van der Waals surface area contributed by atoms with Crippen LogP contribution in [0.15, 0.2) is 60.7 Å². The van der Waals surface area contributed by atoms with E-state index < -0.39 is 0 Å². The third kappa shape index (κ3) is 3.36. The smallest absolute Gasteiger partial charge is 0.0406 e. The molecule has 0 atom stereocenters. The molecule has 0 heterocycles. The summed E-state index contributed by atoms with van der Waals surface area (Å²) in [7, 11) is 0. The van der Waals surface area contributed by atoms with Gasteiger partial charge in [-0.15, -0.1) is 0 Å². The lowest BCUT2D eigenvalue weighted by Crippen LogP contribution is -1.98. The van der Waals surface area contributed by atoms with E-state index in [0.717, 1.165) is 22.9 Å². The van der Waals surface area contributed by atoms with Crippen LogP contribution in [0.5, 0.6) is 0 Å². The SMILES string of the molecule is CCc1ccc(-c2ccc(Cl)cc2)c(-c2ccc(Cl)cc2)c1CC. The lowest BCUT2D eigenvalue weighted by molar-refractivity contribution is 1.04. The first-order valence-corrected chi connectivity index (χ1v) is 9.06. The molecule has 122 valence electrons. The molecule has 3 rings (SSSR count). The highest BCUT2D eigenvalue weighted by Gasteiger charge is 2.14. The Morgan fingerprint density at radius 3 is 1.67 bits per heavy atom. The van der Waals surface area contributed by atoms with Crippen molar-refractivity contribution in [3.63, 3.8) is 0 Å². The molecule has 2 heteroatoms. The molecular weight excluding hydrogens is 335 g/mol. The van der Waals surface area contributed by atoms with E-state index >= 15 is 0 Å². The predicted octanol–water partition coefficient (Wildman–Crippen LogP) is 7.45. The molecule has 0 unspecified atom stereocenters. The van der Waals surface area contributed by atoms with Gasteiger partial charge in [0.05, 0.1) is 0 Å². The van der Waals surface area contributed by atoms with Gasteiger partial charge in [0, 0.05) is 10.0 Å². The van der Waals surface area contributed by atoms with Crippen LogP contribution in [0.3, 0.4) is 0 Å². The summed E-state index contributed by atoms with van der Waals surface area (Å²) in [4.78, 5) is 0. The zero-order valence-electron chi connectivity index (χ0n) is 13.9. The molecule has 24 heavy (non-hydrogen) atoms. The number of aryl methyl sites for hydroxylation is 1. The second kappa shape index (κ2) is 7.42. The lowest BCUT2D eigenvalue weighted by Gasteiger charge is -2.18. The van der Waals surface area contributed by atoms with E-state index in [1.54, 1.807) is 0 Å². The Morgan fingerprint density at radius 2 is 1.17 bits per heavy atom. The fourth-order valence-electron chi connectivity index (χ4n) is 3.24. The summed E-state index contributed by atoms with van der Waals surface area (Å²) in [6.45, 7) is 4.43. The van der Waals surface area contributed by atoms with Crippen LogP contribution in [0.1, 0.15) is 25.0 Å². The van der Waals surface area contributed by atoms with Crippen molar-refractivity contribution < 1.29 is 0 Å². The number of rotatable bonds is 4. The van der Waals surface area contributed by atoms with E-state index in [-0.39, 0.29) is 0 Å². The Hall–Kier alpha value is -1.76.